The van der Waals surface area contributed by atoms with Crippen LogP contribution in [0.3, 0.4) is 0 Å². The van der Waals surface area contributed by atoms with Gasteiger partial charge in [0, 0.05) is 18.2 Å². The van der Waals surface area contributed by atoms with E-state index in [1.54, 1.807) is 0 Å². The Morgan fingerprint density at radius 3 is 2.43 bits per heavy atom. The number of anilines is 1. The number of carbonyl (C=O) groups is 1. The van der Waals surface area contributed by atoms with Crippen molar-refractivity contribution < 1.29 is 18.5 Å². The number of halogens is 1. The van der Waals surface area contributed by atoms with E-state index in [2.05, 4.69) is 36.5 Å². The third-order valence-electron chi connectivity index (χ3n) is 4.95. The maximum atomic E-state index is 15.2. The SMILES string of the molecule is C.CC.CN1CC(c2ccc(O)c(N3CC(=O)NS3=O)c2F)=CC1CCC(C)(C)C. The van der Waals surface area contributed by atoms with Crippen molar-refractivity contribution in [1.82, 2.24) is 9.62 Å². The summed E-state index contributed by atoms with van der Waals surface area (Å²) in [6.07, 6.45) is 4.09. The average Bonchev–Trinajstić information content (AvgIpc) is 3.16. The standard InChI is InChI=1S/C19H26FN3O3S.C2H6.CH4/c1-19(2,3)8-7-13-9-12(10-22(13)4)14-5-6-15(24)18(17(14)20)23-11-16(25)21-27(23)26;1-2;/h5-6,9,13,24H,7-8,10-11H2,1-4H3,(H,21,25);1-2H3;1H4. The Bertz CT molecular complexity index is 821. The number of phenolic OH excluding ortho intramolecular Hbond substituents is 1. The van der Waals surface area contributed by atoms with Crippen LogP contribution in [0.2, 0.25) is 0 Å². The average molecular weight is 442 g/mol. The summed E-state index contributed by atoms with van der Waals surface area (Å²) in [5.74, 6) is -1.46. The van der Waals surface area contributed by atoms with Gasteiger partial charge in [-0.25, -0.2) is 8.60 Å². The van der Waals surface area contributed by atoms with E-state index in [-0.39, 0.29) is 36.9 Å². The van der Waals surface area contributed by atoms with Crippen LogP contribution in [0.1, 0.15) is 60.5 Å². The fourth-order valence-electron chi connectivity index (χ4n) is 3.43. The van der Waals surface area contributed by atoms with Gasteiger partial charge in [-0.2, -0.15) is 0 Å². The molecule has 0 spiro atoms. The number of rotatable bonds is 4. The number of nitrogens with zero attached hydrogens (tertiary/aromatic N) is 2. The Balaban J connectivity index is 0.00000146. The Kier molecular flexibility index (Phi) is 9.05. The van der Waals surface area contributed by atoms with Crippen molar-refractivity contribution >= 4 is 28.3 Å². The number of carbonyl (C=O) groups excluding carboxylic acids is 1. The van der Waals surface area contributed by atoms with Gasteiger partial charge >= 0.3 is 0 Å². The quantitative estimate of drug-likeness (QED) is 0.733. The number of benzene rings is 1. The van der Waals surface area contributed by atoms with Crippen molar-refractivity contribution in [3.8, 4) is 5.75 Å². The molecule has 0 radical (unpaired) electrons. The van der Waals surface area contributed by atoms with E-state index in [4.69, 9.17) is 0 Å². The smallest absolute Gasteiger partial charge is 0.253 e. The van der Waals surface area contributed by atoms with Crippen molar-refractivity contribution in [3.63, 3.8) is 0 Å². The molecule has 0 bridgehead atoms. The van der Waals surface area contributed by atoms with Gasteiger partial charge in [0.1, 0.15) is 18.0 Å². The molecular weight excluding hydrogens is 405 g/mol. The molecule has 2 aliphatic heterocycles. The summed E-state index contributed by atoms with van der Waals surface area (Å²) in [5, 5.41) is 10.1. The maximum absolute atomic E-state index is 15.2. The molecule has 1 fully saturated rings. The van der Waals surface area contributed by atoms with E-state index in [0.717, 1.165) is 22.7 Å². The number of amides is 1. The van der Waals surface area contributed by atoms with E-state index in [1.165, 1.54) is 12.1 Å². The van der Waals surface area contributed by atoms with Crippen LogP contribution in [0.4, 0.5) is 10.1 Å². The Morgan fingerprint density at radius 2 is 1.90 bits per heavy atom. The molecule has 2 atom stereocenters. The monoisotopic (exact) mass is 441 g/mol. The van der Waals surface area contributed by atoms with Crippen LogP contribution in [0.25, 0.3) is 5.57 Å². The Hall–Kier alpha value is -1.93. The first kappa shape index (κ1) is 26.1. The molecule has 1 aromatic rings. The number of nitrogens with one attached hydrogen (secondary N) is 1. The molecule has 3 rings (SSSR count). The second-order valence-electron chi connectivity index (χ2n) is 8.38. The number of likely N-dealkylation sites (N-methyl/N-ethyl adjacent to an activating group) is 1. The van der Waals surface area contributed by atoms with Gasteiger partial charge in [-0.3, -0.25) is 18.7 Å². The van der Waals surface area contributed by atoms with Gasteiger partial charge in [-0.05, 0) is 43.0 Å². The van der Waals surface area contributed by atoms with Crippen molar-refractivity contribution in [2.75, 3.05) is 24.4 Å². The first-order chi connectivity index (χ1) is 13.6. The summed E-state index contributed by atoms with van der Waals surface area (Å²) in [6, 6.07) is 3.14. The summed E-state index contributed by atoms with van der Waals surface area (Å²) in [7, 11) is 2.01. The molecule has 2 N–H and O–H groups in total. The van der Waals surface area contributed by atoms with Gasteiger partial charge in [0.2, 0.25) is 11.2 Å². The highest BCUT2D eigenvalue weighted by Gasteiger charge is 2.33. The highest BCUT2D eigenvalue weighted by atomic mass is 32.2. The van der Waals surface area contributed by atoms with Crippen LogP contribution >= 0.6 is 0 Å². The zero-order valence-corrected chi connectivity index (χ0v) is 18.9. The van der Waals surface area contributed by atoms with Crippen LogP contribution in [-0.2, 0) is 16.0 Å². The fraction of sp³-hybridized carbons (Fsp3) is 0.591. The molecule has 0 saturated carbocycles. The van der Waals surface area contributed by atoms with E-state index in [1.807, 2.05) is 20.9 Å². The van der Waals surface area contributed by atoms with Gasteiger partial charge in [-0.15, -0.1) is 0 Å². The lowest BCUT2D eigenvalue weighted by Gasteiger charge is -2.24. The molecule has 2 aliphatic rings. The predicted molar refractivity (Wildman–Crippen MR) is 123 cm³/mol. The summed E-state index contributed by atoms with van der Waals surface area (Å²) >= 11 is -1.90. The minimum absolute atomic E-state index is 0. The lowest BCUT2D eigenvalue weighted by Crippen LogP contribution is -2.27. The fourth-order valence-corrected chi connectivity index (χ4v) is 4.38. The number of aromatic hydroxyl groups is 1. The molecular formula is C22H36FN3O3S. The molecule has 0 aromatic heterocycles. The van der Waals surface area contributed by atoms with Crippen LogP contribution in [0, 0.1) is 11.2 Å². The van der Waals surface area contributed by atoms with Gasteiger partial charge in [0.15, 0.2) is 5.82 Å². The topological polar surface area (TPSA) is 72.9 Å². The molecule has 6 nitrogen and oxygen atoms in total. The molecule has 0 aliphatic carbocycles. The molecule has 2 unspecified atom stereocenters. The number of hydrogen-bond acceptors (Lipinski definition) is 4. The number of hydrogen-bond donors (Lipinski definition) is 2. The molecule has 1 amide bonds. The lowest BCUT2D eigenvalue weighted by atomic mass is 9.88. The van der Waals surface area contributed by atoms with E-state index in [9.17, 15) is 14.1 Å². The van der Waals surface area contributed by atoms with Crippen LogP contribution < -0.4 is 9.03 Å². The van der Waals surface area contributed by atoms with Crippen molar-refractivity contribution in [1.29, 1.82) is 0 Å². The molecule has 30 heavy (non-hydrogen) atoms. The summed E-state index contributed by atoms with van der Waals surface area (Å²) in [6.45, 7) is 10.9. The zero-order valence-electron chi connectivity index (χ0n) is 18.1. The molecule has 8 heteroatoms. The third kappa shape index (κ3) is 5.82. The second kappa shape index (κ2) is 10.4. The van der Waals surface area contributed by atoms with Crippen LogP contribution in [0.15, 0.2) is 18.2 Å². The van der Waals surface area contributed by atoms with E-state index >= 15 is 4.39 Å². The molecule has 1 saturated heterocycles. The molecule has 170 valence electrons. The highest BCUT2D eigenvalue weighted by Crippen LogP contribution is 2.38. The molecule has 1 aromatic carbocycles. The van der Waals surface area contributed by atoms with Crippen LogP contribution in [-0.4, -0.2) is 46.3 Å². The summed E-state index contributed by atoms with van der Waals surface area (Å²) < 4.78 is 30.5. The minimum Gasteiger partial charge on any atom is -0.506 e. The molecule has 2 heterocycles. The highest BCUT2D eigenvalue weighted by molar-refractivity contribution is 7.85. The van der Waals surface area contributed by atoms with Gasteiger partial charge in [0.05, 0.1) is 0 Å². The Labute approximate surface area is 182 Å². The first-order valence-corrected chi connectivity index (χ1v) is 11.1. The van der Waals surface area contributed by atoms with E-state index < -0.39 is 22.9 Å². The Morgan fingerprint density at radius 1 is 1.27 bits per heavy atom. The van der Waals surface area contributed by atoms with Gasteiger partial charge < -0.3 is 5.11 Å². The summed E-state index contributed by atoms with van der Waals surface area (Å²) in [5.41, 5.74) is 1.22. The predicted octanol–water partition coefficient (Wildman–Crippen LogP) is 4.23. The zero-order chi connectivity index (χ0) is 21.9. The van der Waals surface area contributed by atoms with Crippen molar-refractivity contribution in [3.05, 3.63) is 29.6 Å². The van der Waals surface area contributed by atoms with Crippen LogP contribution in [0.5, 0.6) is 5.75 Å². The first-order valence-electron chi connectivity index (χ1n) is 9.98. The van der Waals surface area contributed by atoms with Gasteiger partial charge in [-0.1, -0.05) is 48.1 Å². The second-order valence-corrected chi connectivity index (χ2v) is 9.52. The lowest BCUT2D eigenvalue weighted by molar-refractivity contribution is -0.117. The summed E-state index contributed by atoms with van der Waals surface area (Å²) in [4.78, 5) is 13.6. The van der Waals surface area contributed by atoms with Gasteiger partial charge in [0.25, 0.3) is 5.91 Å². The normalized spacial score (nSPS) is 21.5. The number of phenols is 1. The largest absolute Gasteiger partial charge is 0.506 e. The minimum atomic E-state index is -1.90. The van der Waals surface area contributed by atoms with Crippen molar-refractivity contribution in [2.24, 2.45) is 5.41 Å². The third-order valence-corrected chi connectivity index (χ3v) is 6.06. The van der Waals surface area contributed by atoms with E-state index in [0.29, 0.717) is 12.1 Å². The maximum Gasteiger partial charge on any atom is 0.253 e. The van der Waals surface area contributed by atoms with Crippen molar-refractivity contribution in [2.45, 2.75) is 60.9 Å².